The molecule has 0 unspecified atom stereocenters. The van der Waals surface area contributed by atoms with Gasteiger partial charge in [-0.1, -0.05) is 35.9 Å². The Morgan fingerprint density at radius 3 is 2.56 bits per heavy atom. The Hall–Kier alpha value is -1.96. The van der Waals surface area contributed by atoms with Crippen LogP contribution in [0.15, 0.2) is 47.4 Å². The summed E-state index contributed by atoms with van der Waals surface area (Å²) in [5, 5.41) is 0.0879. The van der Waals surface area contributed by atoms with E-state index < -0.39 is 32.7 Å². The van der Waals surface area contributed by atoms with Gasteiger partial charge in [-0.05, 0) is 29.3 Å². The quantitative estimate of drug-likeness (QED) is 0.764. The zero-order valence-electron chi connectivity index (χ0n) is 13.3. The van der Waals surface area contributed by atoms with Crippen molar-refractivity contribution >= 4 is 27.6 Å². The molecule has 3 rings (SSSR count). The van der Waals surface area contributed by atoms with Crippen LogP contribution in [0.2, 0.25) is 5.02 Å². The van der Waals surface area contributed by atoms with Gasteiger partial charge < -0.3 is 4.74 Å². The van der Waals surface area contributed by atoms with Gasteiger partial charge in [0.1, 0.15) is 16.8 Å². The van der Waals surface area contributed by atoms with Crippen LogP contribution >= 0.6 is 11.6 Å². The summed E-state index contributed by atoms with van der Waals surface area (Å²) in [6.45, 7) is -0.0413. The summed E-state index contributed by atoms with van der Waals surface area (Å²) in [7, 11) is -3.07. The summed E-state index contributed by atoms with van der Waals surface area (Å²) in [4.78, 5) is 11.6. The summed E-state index contributed by atoms with van der Waals surface area (Å²) in [6.07, 6.45) is 0.164. The highest BCUT2D eigenvalue weighted by Gasteiger charge is 2.41. The minimum Gasteiger partial charge on any atom is -0.468 e. The molecule has 0 fully saturated rings. The van der Waals surface area contributed by atoms with Crippen molar-refractivity contribution in [3.05, 3.63) is 64.4 Å². The first-order valence-corrected chi connectivity index (χ1v) is 9.28. The van der Waals surface area contributed by atoms with E-state index in [4.69, 9.17) is 16.3 Å². The first kappa shape index (κ1) is 17.8. The molecule has 0 amide bonds. The Morgan fingerprint density at radius 1 is 1.24 bits per heavy atom. The SMILES string of the molecule is COC(=O)[C@@H]1Cc2ccccc2CN1S(=O)(=O)c1ccc(Cl)cc1F. The van der Waals surface area contributed by atoms with Crippen LogP contribution in [0.1, 0.15) is 11.1 Å². The lowest BCUT2D eigenvalue weighted by atomic mass is 9.96. The number of rotatable bonds is 3. The van der Waals surface area contributed by atoms with Crippen LogP contribution in [0.4, 0.5) is 4.39 Å². The molecule has 132 valence electrons. The number of sulfonamides is 1. The number of hydrogen-bond donors (Lipinski definition) is 0. The minimum atomic E-state index is -4.26. The van der Waals surface area contributed by atoms with Crippen LogP contribution in [0.25, 0.3) is 0 Å². The predicted molar refractivity (Wildman–Crippen MR) is 90.1 cm³/mol. The van der Waals surface area contributed by atoms with Crippen LogP contribution in [-0.4, -0.2) is 31.8 Å². The van der Waals surface area contributed by atoms with E-state index in [-0.39, 0.29) is 18.0 Å². The first-order chi connectivity index (χ1) is 11.8. The summed E-state index contributed by atoms with van der Waals surface area (Å²) in [5.41, 5.74) is 1.63. The molecule has 2 aromatic carbocycles. The smallest absolute Gasteiger partial charge is 0.324 e. The number of carbonyl (C=O) groups excluding carboxylic acids is 1. The van der Waals surface area contributed by atoms with E-state index in [2.05, 4.69) is 0 Å². The van der Waals surface area contributed by atoms with E-state index in [1.165, 1.54) is 13.2 Å². The lowest BCUT2D eigenvalue weighted by Crippen LogP contribution is -2.49. The Labute approximate surface area is 150 Å². The van der Waals surface area contributed by atoms with Gasteiger partial charge in [0.25, 0.3) is 0 Å². The van der Waals surface area contributed by atoms with Crippen LogP contribution < -0.4 is 0 Å². The van der Waals surface area contributed by atoms with Crippen molar-refractivity contribution in [1.29, 1.82) is 0 Å². The molecule has 1 aliphatic rings. The van der Waals surface area contributed by atoms with Crippen LogP contribution in [-0.2, 0) is 32.5 Å². The summed E-state index contributed by atoms with van der Waals surface area (Å²) in [5.74, 6) is -1.65. The monoisotopic (exact) mass is 383 g/mol. The number of fused-ring (bicyclic) bond motifs is 1. The molecule has 1 heterocycles. The molecule has 0 spiro atoms. The van der Waals surface area contributed by atoms with E-state index in [1.54, 1.807) is 12.1 Å². The van der Waals surface area contributed by atoms with Crippen molar-refractivity contribution in [2.24, 2.45) is 0 Å². The predicted octanol–water partition coefficient (Wildman–Crippen LogP) is 2.77. The highest BCUT2D eigenvalue weighted by atomic mass is 35.5. The third-order valence-electron chi connectivity index (χ3n) is 4.16. The largest absolute Gasteiger partial charge is 0.468 e. The zero-order chi connectivity index (χ0) is 18.2. The molecule has 8 heteroatoms. The topological polar surface area (TPSA) is 63.7 Å². The van der Waals surface area contributed by atoms with Crippen LogP contribution in [0.5, 0.6) is 0 Å². The third kappa shape index (κ3) is 3.27. The van der Waals surface area contributed by atoms with Gasteiger partial charge in [-0.25, -0.2) is 12.8 Å². The van der Waals surface area contributed by atoms with Gasteiger partial charge >= 0.3 is 5.97 Å². The normalized spacial score (nSPS) is 17.8. The molecular weight excluding hydrogens is 369 g/mol. The van der Waals surface area contributed by atoms with E-state index >= 15 is 0 Å². The Kier molecular flexibility index (Phi) is 4.81. The standard InChI is InChI=1S/C17H15ClFNO4S/c1-24-17(21)15-8-11-4-2-3-5-12(11)10-20(15)25(22,23)16-7-6-13(18)9-14(16)19/h2-7,9,15H,8,10H2,1H3/t15-/m0/s1. The summed E-state index contributed by atoms with van der Waals surface area (Å²) >= 11 is 5.70. The Balaban J connectivity index is 2.10. The summed E-state index contributed by atoms with van der Waals surface area (Å²) < 4.78 is 45.9. The number of methoxy groups -OCH3 is 1. The second-order valence-electron chi connectivity index (χ2n) is 5.64. The lowest BCUT2D eigenvalue weighted by Gasteiger charge is -2.34. The van der Waals surface area contributed by atoms with Crippen molar-refractivity contribution in [3.63, 3.8) is 0 Å². The lowest BCUT2D eigenvalue weighted by molar-refractivity contribution is -0.145. The van der Waals surface area contributed by atoms with Crippen LogP contribution in [0.3, 0.4) is 0 Å². The number of esters is 1. The molecule has 2 aromatic rings. The molecule has 5 nitrogen and oxygen atoms in total. The zero-order valence-corrected chi connectivity index (χ0v) is 14.8. The first-order valence-electron chi connectivity index (χ1n) is 7.46. The molecular formula is C17H15ClFNO4S. The van der Waals surface area contributed by atoms with Crippen LogP contribution in [0, 0.1) is 5.82 Å². The van der Waals surface area contributed by atoms with Gasteiger partial charge in [0, 0.05) is 18.0 Å². The highest BCUT2D eigenvalue weighted by Crippen LogP contribution is 2.31. The number of halogens is 2. The molecule has 25 heavy (non-hydrogen) atoms. The van der Waals surface area contributed by atoms with E-state index in [9.17, 15) is 17.6 Å². The number of hydrogen-bond acceptors (Lipinski definition) is 4. The number of ether oxygens (including phenoxy) is 1. The van der Waals surface area contributed by atoms with Gasteiger partial charge in [-0.2, -0.15) is 4.31 Å². The molecule has 1 aliphatic heterocycles. The fraction of sp³-hybridized carbons (Fsp3) is 0.235. The minimum absolute atomic E-state index is 0.0413. The fourth-order valence-corrected chi connectivity index (χ4v) is 4.66. The number of nitrogens with zero attached hydrogens (tertiary/aromatic N) is 1. The highest BCUT2D eigenvalue weighted by molar-refractivity contribution is 7.89. The molecule has 0 N–H and O–H groups in total. The molecule has 0 radical (unpaired) electrons. The maximum Gasteiger partial charge on any atom is 0.324 e. The molecule has 0 saturated carbocycles. The maximum absolute atomic E-state index is 14.2. The number of carbonyl (C=O) groups is 1. The Bertz CT molecular complexity index is 932. The Morgan fingerprint density at radius 2 is 1.92 bits per heavy atom. The van der Waals surface area contributed by atoms with Gasteiger partial charge in [-0.15, -0.1) is 0 Å². The van der Waals surface area contributed by atoms with Crippen molar-refractivity contribution in [3.8, 4) is 0 Å². The average Bonchev–Trinajstić information content (AvgIpc) is 2.59. The molecule has 0 aromatic heterocycles. The second-order valence-corrected chi connectivity index (χ2v) is 7.93. The molecule has 0 saturated heterocycles. The second kappa shape index (κ2) is 6.74. The van der Waals surface area contributed by atoms with Gasteiger partial charge in [0.05, 0.1) is 7.11 Å². The van der Waals surface area contributed by atoms with E-state index in [1.807, 2.05) is 12.1 Å². The van der Waals surface area contributed by atoms with Crippen molar-refractivity contribution in [2.45, 2.75) is 23.9 Å². The molecule has 0 bridgehead atoms. The van der Waals surface area contributed by atoms with E-state index in [0.717, 1.165) is 27.6 Å². The van der Waals surface area contributed by atoms with Crippen molar-refractivity contribution < 1.29 is 22.3 Å². The van der Waals surface area contributed by atoms with Gasteiger partial charge in [0.2, 0.25) is 10.0 Å². The average molecular weight is 384 g/mol. The molecule has 0 aliphatic carbocycles. The molecule has 1 atom stereocenters. The van der Waals surface area contributed by atoms with Gasteiger partial charge in [0.15, 0.2) is 0 Å². The van der Waals surface area contributed by atoms with Crippen molar-refractivity contribution in [2.75, 3.05) is 7.11 Å². The maximum atomic E-state index is 14.2. The van der Waals surface area contributed by atoms with E-state index in [0.29, 0.717) is 0 Å². The fourth-order valence-electron chi connectivity index (χ4n) is 2.90. The third-order valence-corrected chi connectivity index (χ3v) is 6.28. The summed E-state index contributed by atoms with van der Waals surface area (Å²) in [6, 6.07) is 9.48. The van der Waals surface area contributed by atoms with Gasteiger partial charge in [-0.3, -0.25) is 4.79 Å². The van der Waals surface area contributed by atoms with Crippen molar-refractivity contribution in [1.82, 2.24) is 4.31 Å². The number of benzene rings is 2.